The molecule has 1 aromatic heterocycles. The fourth-order valence-electron chi connectivity index (χ4n) is 3.55. The smallest absolute Gasteiger partial charge is 0.410 e. The highest BCUT2D eigenvalue weighted by molar-refractivity contribution is 5.68. The number of hydrogen-bond acceptors (Lipinski definition) is 4. The minimum absolute atomic E-state index is 0.00113. The van der Waals surface area contributed by atoms with Gasteiger partial charge in [-0.2, -0.15) is 0 Å². The molecule has 0 bridgehead atoms. The summed E-state index contributed by atoms with van der Waals surface area (Å²) in [5, 5.41) is 0. The van der Waals surface area contributed by atoms with E-state index in [1.54, 1.807) is 4.90 Å². The molecule has 0 radical (unpaired) electrons. The first-order valence-corrected chi connectivity index (χ1v) is 10.9. The Kier molecular flexibility index (Phi) is 7.80. The number of carbonyl (C=O) groups excluding carboxylic acids is 1. The van der Waals surface area contributed by atoms with E-state index in [2.05, 4.69) is 25.8 Å². The summed E-state index contributed by atoms with van der Waals surface area (Å²) in [6, 6.07) is 10.0. The van der Waals surface area contributed by atoms with Gasteiger partial charge in [0.15, 0.2) is 0 Å². The van der Waals surface area contributed by atoms with E-state index >= 15 is 0 Å². The highest BCUT2D eigenvalue weighted by Gasteiger charge is 2.24. The van der Waals surface area contributed by atoms with E-state index in [4.69, 9.17) is 9.47 Å². The second kappa shape index (κ2) is 10.5. The lowest BCUT2D eigenvalue weighted by Crippen LogP contribution is -2.39. The molecule has 164 valence electrons. The summed E-state index contributed by atoms with van der Waals surface area (Å²) in [6.07, 6.45) is 5.58. The summed E-state index contributed by atoms with van der Waals surface area (Å²) in [5.41, 5.74) is 2.15. The van der Waals surface area contributed by atoms with Crippen molar-refractivity contribution in [1.29, 1.82) is 0 Å². The number of piperidine rings is 1. The van der Waals surface area contributed by atoms with Crippen LogP contribution in [0.5, 0.6) is 5.75 Å². The van der Waals surface area contributed by atoms with Crippen LogP contribution in [0.1, 0.15) is 37.8 Å². The van der Waals surface area contributed by atoms with Gasteiger partial charge in [-0.3, -0.25) is 4.90 Å². The first-order valence-electron chi connectivity index (χ1n) is 10.9. The van der Waals surface area contributed by atoms with Crippen LogP contribution in [0.2, 0.25) is 0 Å². The molecule has 0 N–H and O–H groups in total. The Labute approximate surface area is 180 Å². The van der Waals surface area contributed by atoms with Gasteiger partial charge in [-0.1, -0.05) is 26.0 Å². The molecule has 1 aliphatic rings. The predicted molar refractivity (Wildman–Crippen MR) is 118 cm³/mol. The lowest BCUT2D eigenvalue weighted by atomic mass is 10.1. The quantitative estimate of drug-likeness (QED) is 0.648. The van der Waals surface area contributed by atoms with Gasteiger partial charge in [0.2, 0.25) is 0 Å². The van der Waals surface area contributed by atoms with Gasteiger partial charge in [-0.15, -0.1) is 0 Å². The summed E-state index contributed by atoms with van der Waals surface area (Å²) in [7, 11) is 4.09. The Morgan fingerprint density at radius 3 is 2.33 bits per heavy atom. The third-order valence-electron chi connectivity index (χ3n) is 5.34. The van der Waals surface area contributed by atoms with Gasteiger partial charge in [0.1, 0.15) is 11.9 Å². The van der Waals surface area contributed by atoms with Gasteiger partial charge in [-0.05, 0) is 55.1 Å². The molecular weight excluding hydrogens is 378 g/mol. The van der Waals surface area contributed by atoms with E-state index in [0.717, 1.165) is 42.8 Å². The van der Waals surface area contributed by atoms with Crippen molar-refractivity contribution in [3.8, 4) is 5.75 Å². The lowest BCUT2D eigenvalue weighted by Gasteiger charge is -2.31. The molecule has 1 saturated heterocycles. The van der Waals surface area contributed by atoms with Crippen molar-refractivity contribution >= 4 is 6.09 Å². The molecule has 0 saturated carbocycles. The fourth-order valence-corrected chi connectivity index (χ4v) is 3.55. The summed E-state index contributed by atoms with van der Waals surface area (Å²) in [5.74, 6) is 1.34. The second-order valence-electron chi connectivity index (χ2n) is 8.78. The zero-order valence-corrected chi connectivity index (χ0v) is 18.7. The molecule has 0 atom stereocenters. The molecule has 2 heterocycles. The zero-order chi connectivity index (χ0) is 21.5. The van der Waals surface area contributed by atoms with E-state index in [-0.39, 0.29) is 12.2 Å². The van der Waals surface area contributed by atoms with Crippen molar-refractivity contribution in [2.24, 2.45) is 13.0 Å². The van der Waals surface area contributed by atoms with Crippen molar-refractivity contribution in [2.75, 3.05) is 26.7 Å². The van der Waals surface area contributed by atoms with Crippen molar-refractivity contribution in [2.45, 2.75) is 45.9 Å². The molecule has 1 aliphatic heterocycles. The zero-order valence-electron chi connectivity index (χ0n) is 18.7. The van der Waals surface area contributed by atoms with E-state index in [0.29, 0.717) is 25.6 Å². The Bertz CT molecular complexity index is 792. The maximum Gasteiger partial charge on any atom is 0.410 e. The van der Waals surface area contributed by atoms with E-state index in [9.17, 15) is 4.79 Å². The van der Waals surface area contributed by atoms with Crippen LogP contribution < -0.4 is 4.74 Å². The van der Waals surface area contributed by atoms with Crippen LogP contribution in [0.15, 0.2) is 42.7 Å². The number of benzene rings is 1. The molecule has 30 heavy (non-hydrogen) atoms. The molecule has 0 unspecified atom stereocenters. The van der Waals surface area contributed by atoms with Gasteiger partial charge in [0.05, 0.1) is 13.2 Å². The van der Waals surface area contributed by atoms with E-state index in [1.165, 1.54) is 0 Å². The number of hydrogen-bond donors (Lipinski definition) is 0. The first kappa shape index (κ1) is 22.2. The van der Waals surface area contributed by atoms with Crippen molar-refractivity contribution in [3.05, 3.63) is 53.9 Å². The molecule has 6 heteroatoms. The maximum atomic E-state index is 13.0. The average molecular weight is 414 g/mol. The van der Waals surface area contributed by atoms with Crippen LogP contribution in [0.4, 0.5) is 4.79 Å². The van der Waals surface area contributed by atoms with Crippen LogP contribution >= 0.6 is 0 Å². The molecule has 1 fully saturated rings. The second-order valence-corrected chi connectivity index (χ2v) is 8.78. The number of nitrogens with zero attached hydrogens (tertiary/aromatic N) is 3. The number of carbonyl (C=O) groups is 1. The Hall–Kier alpha value is -2.47. The summed E-state index contributed by atoms with van der Waals surface area (Å²) < 4.78 is 13.6. The van der Waals surface area contributed by atoms with E-state index in [1.807, 2.05) is 54.3 Å². The third kappa shape index (κ3) is 6.80. The standard InChI is InChI=1S/C24H35N3O3/c1-19(2)18-29-22-7-5-20(6-8-22)16-27(17-21-9-12-26(4)15-21)24(28)30-23-10-13-25(3)14-11-23/h5-9,12,15,19,23H,10-11,13-14,16-18H2,1-4H3. The Morgan fingerprint density at radius 2 is 1.73 bits per heavy atom. The van der Waals surface area contributed by atoms with Crippen molar-refractivity contribution in [1.82, 2.24) is 14.4 Å². The van der Waals surface area contributed by atoms with Gasteiger partial charge >= 0.3 is 6.09 Å². The normalized spacial score (nSPS) is 15.4. The Morgan fingerprint density at radius 1 is 1.07 bits per heavy atom. The maximum absolute atomic E-state index is 13.0. The SMILES string of the molecule is CC(C)COc1ccc(CN(Cc2ccn(C)c2)C(=O)OC2CCN(C)CC2)cc1. The summed E-state index contributed by atoms with van der Waals surface area (Å²) in [4.78, 5) is 17.1. The molecule has 2 aromatic rings. The van der Waals surface area contributed by atoms with Crippen LogP contribution in [0.25, 0.3) is 0 Å². The highest BCUT2D eigenvalue weighted by Crippen LogP contribution is 2.19. The van der Waals surface area contributed by atoms with Crippen LogP contribution in [0, 0.1) is 5.92 Å². The van der Waals surface area contributed by atoms with E-state index < -0.39 is 0 Å². The number of aromatic nitrogens is 1. The third-order valence-corrected chi connectivity index (χ3v) is 5.34. The lowest BCUT2D eigenvalue weighted by molar-refractivity contribution is 0.0298. The molecule has 6 nitrogen and oxygen atoms in total. The number of ether oxygens (including phenoxy) is 2. The molecule has 0 aliphatic carbocycles. The van der Waals surface area contributed by atoms with Crippen molar-refractivity contribution in [3.63, 3.8) is 0 Å². The van der Waals surface area contributed by atoms with Gasteiger partial charge < -0.3 is 18.9 Å². The molecule has 3 rings (SSSR count). The highest BCUT2D eigenvalue weighted by atomic mass is 16.6. The molecule has 1 amide bonds. The minimum Gasteiger partial charge on any atom is -0.493 e. The van der Waals surface area contributed by atoms with Gasteiger partial charge in [0.25, 0.3) is 0 Å². The fraction of sp³-hybridized carbons (Fsp3) is 0.542. The molecule has 1 aromatic carbocycles. The summed E-state index contributed by atoms with van der Waals surface area (Å²) in [6.45, 7) is 7.92. The number of amides is 1. The molecule has 0 spiro atoms. The van der Waals surface area contributed by atoms with Crippen LogP contribution in [0.3, 0.4) is 0 Å². The number of aryl methyl sites for hydroxylation is 1. The molecular formula is C24H35N3O3. The number of rotatable bonds is 8. The number of likely N-dealkylation sites (tertiary alicyclic amines) is 1. The van der Waals surface area contributed by atoms with Crippen LogP contribution in [-0.4, -0.2) is 53.3 Å². The predicted octanol–water partition coefficient (Wildman–Crippen LogP) is 4.29. The Balaban J connectivity index is 1.65. The first-order chi connectivity index (χ1) is 14.4. The minimum atomic E-state index is -0.242. The monoisotopic (exact) mass is 413 g/mol. The van der Waals surface area contributed by atoms with Gasteiger partial charge in [0, 0.05) is 39.1 Å². The largest absolute Gasteiger partial charge is 0.493 e. The van der Waals surface area contributed by atoms with Crippen LogP contribution in [-0.2, 0) is 24.9 Å². The average Bonchev–Trinajstić information content (AvgIpc) is 3.13. The van der Waals surface area contributed by atoms with Crippen molar-refractivity contribution < 1.29 is 14.3 Å². The topological polar surface area (TPSA) is 46.9 Å². The van der Waals surface area contributed by atoms with Gasteiger partial charge in [-0.25, -0.2) is 4.79 Å². The summed E-state index contributed by atoms with van der Waals surface area (Å²) >= 11 is 0.